The smallest absolute Gasteiger partial charge is 0.324 e. The number of alkyl halides is 3. The van der Waals surface area contributed by atoms with Crippen LogP contribution in [0.5, 0.6) is 0 Å². The molecule has 0 saturated heterocycles. The van der Waals surface area contributed by atoms with Crippen LogP contribution in [0, 0.1) is 5.92 Å². The second-order valence-electron chi connectivity index (χ2n) is 6.75. The van der Waals surface area contributed by atoms with Crippen LogP contribution in [0.15, 0.2) is 70.7 Å². The Morgan fingerprint density at radius 1 is 1.00 bits per heavy atom. The molecular weight excluding hydrogens is 383 g/mol. The maximum Gasteiger partial charge on any atom is 0.420 e. The van der Waals surface area contributed by atoms with Gasteiger partial charge in [0, 0.05) is 16.8 Å². The average molecular weight is 403 g/mol. The van der Waals surface area contributed by atoms with Crippen molar-refractivity contribution >= 4 is 23.4 Å². The van der Waals surface area contributed by atoms with Gasteiger partial charge in [-0.2, -0.15) is 13.2 Å². The van der Waals surface area contributed by atoms with Gasteiger partial charge in [-0.15, -0.1) is 0 Å². The standard InChI is InChI=1S/C21H20F3N3S/c1-14(2)12-15-8-10-16(11-9-15)26-20-25-13-18(21(22,23)24)19(27-20)28-17-6-4-3-5-7-17/h3-11,13-14H,12H2,1-2H3,(H,25,26,27). The summed E-state index contributed by atoms with van der Waals surface area (Å²) in [7, 11) is 0. The van der Waals surface area contributed by atoms with E-state index in [2.05, 4.69) is 29.1 Å². The molecule has 28 heavy (non-hydrogen) atoms. The summed E-state index contributed by atoms with van der Waals surface area (Å²) in [6.45, 7) is 4.29. The molecule has 0 radical (unpaired) electrons. The van der Waals surface area contributed by atoms with E-state index < -0.39 is 11.7 Å². The fraction of sp³-hybridized carbons (Fsp3) is 0.238. The summed E-state index contributed by atoms with van der Waals surface area (Å²) in [5.41, 5.74) is 1.08. The van der Waals surface area contributed by atoms with E-state index in [4.69, 9.17) is 0 Å². The fourth-order valence-corrected chi connectivity index (χ4v) is 3.55. The number of hydrogen-bond donors (Lipinski definition) is 1. The Bertz CT molecular complexity index is 910. The first-order chi connectivity index (χ1) is 13.3. The zero-order chi connectivity index (χ0) is 20.1. The van der Waals surface area contributed by atoms with E-state index in [1.807, 2.05) is 30.3 Å². The van der Waals surface area contributed by atoms with Crippen LogP contribution < -0.4 is 5.32 Å². The fourth-order valence-electron chi connectivity index (χ4n) is 2.62. The number of anilines is 2. The van der Waals surface area contributed by atoms with Crippen LogP contribution in [-0.2, 0) is 12.6 Å². The number of aromatic nitrogens is 2. The molecule has 146 valence electrons. The SMILES string of the molecule is CC(C)Cc1ccc(Nc2ncc(C(F)(F)F)c(Sc3ccccc3)n2)cc1. The molecule has 0 bridgehead atoms. The van der Waals surface area contributed by atoms with Crippen molar-refractivity contribution in [2.24, 2.45) is 5.92 Å². The Kier molecular flexibility index (Phi) is 6.24. The molecule has 1 aromatic heterocycles. The van der Waals surface area contributed by atoms with E-state index in [-0.39, 0.29) is 11.0 Å². The van der Waals surface area contributed by atoms with Gasteiger partial charge in [-0.3, -0.25) is 0 Å². The summed E-state index contributed by atoms with van der Waals surface area (Å²) >= 11 is 0.964. The Labute approximate surface area is 166 Å². The van der Waals surface area contributed by atoms with Crippen LogP contribution in [0.1, 0.15) is 25.0 Å². The molecule has 7 heteroatoms. The van der Waals surface area contributed by atoms with Crippen molar-refractivity contribution in [3.63, 3.8) is 0 Å². The lowest BCUT2D eigenvalue weighted by Crippen LogP contribution is -2.10. The summed E-state index contributed by atoms with van der Waals surface area (Å²) in [4.78, 5) is 8.66. The Morgan fingerprint density at radius 3 is 2.29 bits per heavy atom. The number of rotatable bonds is 6. The molecule has 1 heterocycles. The lowest BCUT2D eigenvalue weighted by Gasteiger charge is -2.13. The van der Waals surface area contributed by atoms with Crippen LogP contribution in [0.4, 0.5) is 24.8 Å². The summed E-state index contributed by atoms with van der Waals surface area (Å²) in [6, 6.07) is 16.6. The lowest BCUT2D eigenvalue weighted by atomic mass is 10.0. The second kappa shape index (κ2) is 8.65. The van der Waals surface area contributed by atoms with Crippen molar-refractivity contribution < 1.29 is 13.2 Å². The highest BCUT2D eigenvalue weighted by molar-refractivity contribution is 7.99. The molecule has 0 aliphatic rings. The summed E-state index contributed by atoms with van der Waals surface area (Å²) in [6.07, 6.45) is -2.73. The molecule has 0 unspecified atom stereocenters. The van der Waals surface area contributed by atoms with Gasteiger partial charge in [-0.25, -0.2) is 9.97 Å². The third-order valence-electron chi connectivity index (χ3n) is 3.87. The van der Waals surface area contributed by atoms with Gasteiger partial charge < -0.3 is 5.32 Å². The maximum absolute atomic E-state index is 13.3. The number of benzene rings is 2. The normalized spacial score (nSPS) is 11.6. The van der Waals surface area contributed by atoms with Crippen LogP contribution >= 0.6 is 11.8 Å². The topological polar surface area (TPSA) is 37.8 Å². The highest BCUT2D eigenvalue weighted by Gasteiger charge is 2.35. The van der Waals surface area contributed by atoms with E-state index in [1.54, 1.807) is 24.3 Å². The zero-order valence-electron chi connectivity index (χ0n) is 15.5. The van der Waals surface area contributed by atoms with Gasteiger partial charge in [0.2, 0.25) is 5.95 Å². The molecule has 0 aliphatic heterocycles. The molecule has 0 atom stereocenters. The molecule has 3 nitrogen and oxygen atoms in total. The van der Waals surface area contributed by atoms with Crippen LogP contribution in [0.3, 0.4) is 0 Å². The number of halogens is 3. The van der Waals surface area contributed by atoms with Crippen molar-refractivity contribution in [3.8, 4) is 0 Å². The minimum atomic E-state index is -4.52. The van der Waals surface area contributed by atoms with E-state index in [1.165, 1.54) is 5.56 Å². The minimum Gasteiger partial charge on any atom is -0.324 e. The van der Waals surface area contributed by atoms with Crippen LogP contribution in [-0.4, -0.2) is 9.97 Å². The molecule has 0 aliphatic carbocycles. The van der Waals surface area contributed by atoms with E-state index in [0.717, 1.165) is 30.1 Å². The number of nitrogens with zero attached hydrogens (tertiary/aromatic N) is 2. The molecular formula is C21H20F3N3S. The Hall–Kier alpha value is -2.54. The van der Waals surface area contributed by atoms with Gasteiger partial charge in [0.1, 0.15) is 10.6 Å². The maximum atomic E-state index is 13.3. The molecule has 0 saturated carbocycles. The van der Waals surface area contributed by atoms with Gasteiger partial charge in [-0.1, -0.05) is 55.9 Å². The first-order valence-corrected chi connectivity index (χ1v) is 9.66. The Morgan fingerprint density at radius 2 is 1.68 bits per heavy atom. The van der Waals surface area contributed by atoms with Gasteiger partial charge >= 0.3 is 6.18 Å². The van der Waals surface area contributed by atoms with Crippen molar-refractivity contribution in [1.29, 1.82) is 0 Å². The van der Waals surface area contributed by atoms with Crippen LogP contribution in [0.2, 0.25) is 0 Å². The van der Waals surface area contributed by atoms with Gasteiger partial charge in [0.15, 0.2) is 0 Å². The largest absolute Gasteiger partial charge is 0.420 e. The molecule has 3 rings (SSSR count). The molecule has 0 fully saturated rings. The van der Waals surface area contributed by atoms with Gasteiger partial charge in [-0.05, 0) is 42.2 Å². The summed E-state index contributed by atoms with van der Waals surface area (Å²) in [5, 5.41) is 2.85. The zero-order valence-corrected chi connectivity index (χ0v) is 16.3. The van der Waals surface area contributed by atoms with E-state index >= 15 is 0 Å². The third kappa shape index (κ3) is 5.48. The quantitative estimate of drug-likeness (QED) is 0.471. The highest BCUT2D eigenvalue weighted by Crippen LogP contribution is 2.38. The highest BCUT2D eigenvalue weighted by atomic mass is 32.2. The van der Waals surface area contributed by atoms with E-state index in [9.17, 15) is 13.2 Å². The number of nitrogens with one attached hydrogen (secondary N) is 1. The van der Waals surface area contributed by atoms with Crippen LogP contribution in [0.25, 0.3) is 0 Å². The monoisotopic (exact) mass is 403 g/mol. The molecule has 2 aromatic carbocycles. The molecule has 3 aromatic rings. The third-order valence-corrected chi connectivity index (χ3v) is 4.88. The van der Waals surface area contributed by atoms with Crippen molar-refractivity contribution in [2.45, 2.75) is 36.4 Å². The molecule has 1 N–H and O–H groups in total. The molecule has 0 spiro atoms. The summed E-state index contributed by atoms with van der Waals surface area (Å²) in [5.74, 6) is 0.678. The second-order valence-corrected chi connectivity index (χ2v) is 7.81. The minimum absolute atomic E-state index is 0.128. The lowest BCUT2D eigenvalue weighted by molar-refractivity contribution is -0.140. The van der Waals surface area contributed by atoms with Gasteiger partial charge in [0.05, 0.1) is 0 Å². The first kappa shape index (κ1) is 20.2. The number of hydrogen-bond acceptors (Lipinski definition) is 4. The summed E-state index contributed by atoms with van der Waals surface area (Å²) < 4.78 is 40.0. The van der Waals surface area contributed by atoms with E-state index in [0.29, 0.717) is 10.8 Å². The average Bonchev–Trinajstić information content (AvgIpc) is 2.63. The van der Waals surface area contributed by atoms with Crippen molar-refractivity contribution in [2.75, 3.05) is 5.32 Å². The predicted molar refractivity (Wildman–Crippen MR) is 106 cm³/mol. The Balaban J connectivity index is 1.84. The van der Waals surface area contributed by atoms with Gasteiger partial charge in [0.25, 0.3) is 0 Å². The molecule has 0 amide bonds. The first-order valence-electron chi connectivity index (χ1n) is 8.84. The van der Waals surface area contributed by atoms with Crippen molar-refractivity contribution in [3.05, 3.63) is 71.9 Å². The predicted octanol–water partition coefficient (Wildman–Crippen LogP) is 6.59. The van der Waals surface area contributed by atoms with Crippen molar-refractivity contribution in [1.82, 2.24) is 9.97 Å².